The molecule has 152 valence electrons. The number of imide groups is 1. The van der Waals surface area contributed by atoms with Crippen LogP contribution < -0.4 is 5.32 Å². The standard InChI is InChI=1S/C19H18F3N5O2/c20-19(21,22)12-5-3-4-11(8-12)9-23-17-24-10-14-15(25-17)26-18(29)27(16(14)28)13-6-1-2-7-13/h3-5,8,10,13-14H,1-2,6-7,9H2,(H,23,25,26,29). The molecule has 3 aliphatic rings. The normalized spacial score (nSPS) is 24.0. The van der Waals surface area contributed by atoms with Crippen molar-refractivity contribution in [3.05, 3.63) is 35.4 Å². The van der Waals surface area contributed by atoms with Gasteiger partial charge in [0.15, 0.2) is 0 Å². The van der Waals surface area contributed by atoms with Crippen molar-refractivity contribution < 1.29 is 22.8 Å². The number of fused-ring (bicyclic) bond motifs is 1. The van der Waals surface area contributed by atoms with Crippen LogP contribution in [0.25, 0.3) is 0 Å². The van der Waals surface area contributed by atoms with Crippen LogP contribution in [-0.2, 0) is 17.5 Å². The highest BCUT2D eigenvalue weighted by Gasteiger charge is 2.43. The number of benzene rings is 1. The van der Waals surface area contributed by atoms with Crippen molar-refractivity contribution in [3.63, 3.8) is 0 Å². The van der Waals surface area contributed by atoms with E-state index >= 15 is 0 Å². The molecule has 1 N–H and O–H groups in total. The van der Waals surface area contributed by atoms with Gasteiger partial charge in [-0.25, -0.2) is 14.8 Å². The first-order valence-corrected chi connectivity index (χ1v) is 9.30. The van der Waals surface area contributed by atoms with Crippen LogP contribution in [0.2, 0.25) is 0 Å². The number of urea groups is 1. The summed E-state index contributed by atoms with van der Waals surface area (Å²) in [6.07, 6.45) is 0.481. The summed E-state index contributed by atoms with van der Waals surface area (Å²) in [7, 11) is 0. The molecule has 10 heteroatoms. The Bertz CT molecular complexity index is 932. The zero-order chi connectivity index (χ0) is 20.6. The van der Waals surface area contributed by atoms with Crippen LogP contribution in [0.1, 0.15) is 36.8 Å². The highest BCUT2D eigenvalue weighted by Crippen LogP contribution is 2.30. The lowest BCUT2D eigenvalue weighted by Crippen LogP contribution is -2.61. The summed E-state index contributed by atoms with van der Waals surface area (Å²) in [4.78, 5) is 38.6. The first-order chi connectivity index (χ1) is 13.8. The van der Waals surface area contributed by atoms with Crippen LogP contribution >= 0.6 is 0 Å². The van der Waals surface area contributed by atoms with E-state index in [9.17, 15) is 22.8 Å². The molecule has 2 aliphatic heterocycles. The highest BCUT2D eigenvalue weighted by atomic mass is 19.4. The maximum Gasteiger partial charge on any atom is 0.416 e. The summed E-state index contributed by atoms with van der Waals surface area (Å²) in [5, 5.41) is 2.63. The first kappa shape index (κ1) is 19.3. The number of alkyl halides is 3. The van der Waals surface area contributed by atoms with E-state index in [2.05, 4.69) is 20.3 Å². The van der Waals surface area contributed by atoms with Crippen molar-refractivity contribution in [3.8, 4) is 0 Å². The minimum atomic E-state index is -4.43. The third kappa shape index (κ3) is 3.92. The molecule has 3 amide bonds. The van der Waals surface area contributed by atoms with Gasteiger partial charge in [-0.2, -0.15) is 18.2 Å². The molecule has 0 radical (unpaired) electrons. The molecule has 0 bridgehead atoms. The molecule has 0 aromatic heterocycles. The van der Waals surface area contributed by atoms with Crippen molar-refractivity contribution in [2.24, 2.45) is 20.9 Å². The Balaban J connectivity index is 1.49. The van der Waals surface area contributed by atoms with Crippen LogP contribution in [0.3, 0.4) is 0 Å². The summed E-state index contributed by atoms with van der Waals surface area (Å²) >= 11 is 0. The number of guanidine groups is 1. The second kappa shape index (κ2) is 7.41. The molecule has 1 saturated heterocycles. The summed E-state index contributed by atoms with van der Waals surface area (Å²) in [6, 6.07) is 4.21. The van der Waals surface area contributed by atoms with E-state index < -0.39 is 23.7 Å². The van der Waals surface area contributed by atoms with Crippen molar-refractivity contribution in [2.45, 2.75) is 44.4 Å². The number of rotatable bonds is 3. The smallest absolute Gasteiger partial charge is 0.294 e. The second-order valence-corrected chi connectivity index (χ2v) is 7.14. The van der Waals surface area contributed by atoms with Gasteiger partial charge in [0.25, 0.3) is 0 Å². The van der Waals surface area contributed by atoms with Gasteiger partial charge in [-0.15, -0.1) is 0 Å². The number of halogens is 3. The molecule has 1 atom stereocenters. The largest absolute Gasteiger partial charge is 0.416 e. The summed E-state index contributed by atoms with van der Waals surface area (Å²) in [5.74, 6) is -0.996. The van der Waals surface area contributed by atoms with E-state index in [0.29, 0.717) is 5.56 Å². The second-order valence-electron chi connectivity index (χ2n) is 7.14. The van der Waals surface area contributed by atoms with Gasteiger partial charge in [0.05, 0.1) is 12.1 Å². The van der Waals surface area contributed by atoms with Crippen LogP contribution in [0, 0.1) is 5.92 Å². The van der Waals surface area contributed by atoms with Gasteiger partial charge in [-0.05, 0) is 30.5 Å². The van der Waals surface area contributed by atoms with Gasteiger partial charge in [-0.3, -0.25) is 15.0 Å². The predicted molar refractivity (Wildman–Crippen MR) is 99.6 cm³/mol. The molecule has 2 heterocycles. The number of hydrogen-bond donors (Lipinski definition) is 1. The van der Waals surface area contributed by atoms with Gasteiger partial charge in [0, 0.05) is 12.3 Å². The van der Waals surface area contributed by atoms with E-state index in [1.165, 1.54) is 23.2 Å². The average Bonchev–Trinajstić information content (AvgIpc) is 3.20. The Kier molecular flexibility index (Phi) is 4.93. The fourth-order valence-corrected chi connectivity index (χ4v) is 3.72. The fourth-order valence-electron chi connectivity index (χ4n) is 3.72. The zero-order valence-electron chi connectivity index (χ0n) is 15.3. The average molecular weight is 405 g/mol. The van der Waals surface area contributed by atoms with Gasteiger partial charge >= 0.3 is 12.2 Å². The molecule has 1 aliphatic carbocycles. The molecule has 1 unspecified atom stereocenters. The number of aliphatic imine (C=N–C) groups is 3. The Hall–Kier alpha value is -3.04. The van der Waals surface area contributed by atoms with Gasteiger partial charge in [0.2, 0.25) is 11.9 Å². The lowest BCUT2D eigenvalue weighted by atomic mass is 10.0. The summed E-state index contributed by atoms with van der Waals surface area (Å²) < 4.78 is 38.4. The topological polar surface area (TPSA) is 86.5 Å². The molecule has 4 rings (SSSR count). The van der Waals surface area contributed by atoms with E-state index in [1.807, 2.05) is 0 Å². The van der Waals surface area contributed by atoms with Crippen LogP contribution in [0.4, 0.5) is 18.0 Å². The molecule has 1 aromatic rings. The molecule has 7 nitrogen and oxygen atoms in total. The SMILES string of the molecule is O=C1NC2=NC(=NCc3cccc(C(F)(F)F)c3)N=CC2C(=O)N1C1CCCC1. The maximum absolute atomic E-state index is 12.8. The monoisotopic (exact) mass is 405 g/mol. The number of amides is 3. The first-order valence-electron chi connectivity index (χ1n) is 9.30. The van der Waals surface area contributed by atoms with Crippen molar-refractivity contribution in [1.29, 1.82) is 0 Å². The molecule has 29 heavy (non-hydrogen) atoms. The summed E-state index contributed by atoms with van der Waals surface area (Å²) in [6.45, 7) is -0.0614. The van der Waals surface area contributed by atoms with E-state index in [0.717, 1.165) is 37.8 Å². The van der Waals surface area contributed by atoms with Crippen molar-refractivity contribution in [2.75, 3.05) is 0 Å². The van der Waals surface area contributed by atoms with Gasteiger partial charge in [0.1, 0.15) is 11.8 Å². The van der Waals surface area contributed by atoms with E-state index in [-0.39, 0.29) is 30.3 Å². The molecule has 0 spiro atoms. The highest BCUT2D eigenvalue weighted by molar-refractivity contribution is 6.29. The van der Waals surface area contributed by atoms with E-state index in [4.69, 9.17) is 0 Å². The lowest BCUT2D eigenvalue weighted by Gasteiger charge is -2.35. The molecule has 2 fully saturated rings. The minimum Gasteiger partial charge on any atom is -0.294 e. The number of hydrogen-bond acceptors (Lipinski definition) is 3. The Morgan fingerprint density at radius 1 is 1.21 bits per heavy atom. The molecule has 1 aromatic carbocycles. The Morgan fingerprint density at radius 3 is 2.69 bits per heavy atom. The molecular weight excluding hydrogens is 387 g/mol. The number of nitrogens with zero attached hydrogens (tertiary/aromatic N) is 4. The van der Waals surface area contributed by atoms with Crippen LogP contribution in [0.5, 0.6) is 0 Å². The number of carbonyl (C=O) groups excluding carboxylic acids is 2. The quantitative estimate of drug-likeness (QED) is 0.838. The van der Waals surface area contributed by atoms with Crippen molar-refractivity contribution in [1.82, 2.24) is 10.2 Å². The maximum atomic E-state index is 12.8. The number of amidine groups is 1. The van der Waals surface area contributed by atoms with Crippen LogP contribution in [0.15, 0.2) is 39.2 Å². The molecule has 1 saturated carbocycles. The minimum absolute atomic E-state index is 0.00363. The number of nitrogens with one attached hydrogen (secondary N) is 1. The lowest BCUT2D eigenvalue weighted by molar-refractivity contribution is -0.137. The van der Waals surface area contributed by atoms with Crippen LogP contribution in [-0.4, -0.2) is 40.9 Å². The van der Waals surface area contributed by atoms with Gasteiger partial charge in [-0.1, -0.05) is 25.0 Å². The summed E-state index contributed by atoms with van der Waals surface area (Å²) in [5.41, 5.74) is -0.410. The predicted octanol–water partition coefficient (Wildman–Crippen LogP) is 3.15. The third-order valence-corrected chi connectivity index (χ3v) is 5.16. The van der Waals surface area contributed by atoms with E-state index in [1.54, 1.807) is 0 Å². The Labute approximate surface area is 164 Å². The van der Waals surface area contributed by atoms with Crippen molar-refractivity contribution >= 4 is 29.9 Å². The fraction of sp³-hybridized carbons (Fsp3) is 0.421. The third-order valence-electron chi connectivity index (χ3n) is 5.16. The molecular formula is C19H18F3N5O2. The Morgan fingerprint density at radius 2 is 1.97 bits per heavy atom. The number of carbonyl (C=O) groups is 2. The van der Waals surface area contributed by atoms with Gasteiger partial charge < -0.3 is 0 Å². The zero-order valence-corrected chi connectivity index (χ0v) is 15.3.